The minimum Gasteiger partial charge on any atom is -0.337 e. The smallest absolute Gasteiger partial charge is 0.264 e. The van der Waals surface area contributed by atoms with Gasteiger partial charge in [-0.1, -0.05) is 5.16 Å². The molecule has 2 N–H and O–H groups in total. The molecule has 0 saturated heterocycles. The Labute approximate surface area is 161 Å². The van der Waals surface area contributed by atoms with Gasteiger partial charge in [-0.05, 0) is 51.5 Å². The van der Waals surface area contributed by atoms with Gasteiger partial charge in [-0.25, -0.2) is 13.1 Å². The first kappa shape index (κ1) is 19.0. The number of aryl methyl sites for hydroxylation is 1. The summed E-state index contributed by atoms with van der Waals surface area (Å²) in [6, 6.07) is 5.72. The van der Waals surface area contributed by atoms with Crippen molar-refractivity contribution in [3.05, 3.63) is 35.5 Å². The molecule has 140 valence electrons. The van der Waals surface area contributed by atoms with Crippen LogP contribution in [0.1, 0.15) is 24.6 Å². The van der Waals surface area contributed by atoms with E-state index in [1.807, 2.05) is 0 Å². The SMILES string of the molecule is Cc1noc(NS(=O)(=O)c2ccc(NC(=O)[C@]3(C)CC3(Cl)Cl)cc2)c1C. The Balaban J connectivity index is 1.73. The zero-order valence-corrected chi connectivity index (χ0v) is 16.6. The molecular formula is C16H17Cl2N3O4S. The summed E-state index contributed by atoms with van der Waals surface area (Å²) in [4.78, 5) is 12.3. The molecular weight excluding hydrogens is 401 g/mol. The van der Waals surface area contributed by atoms with Crippen molar-refractivity contribution in [3.63, 3.8) is 0 Å². The number of sulfonamides is 1. The number of carbonyl (C=O) groups excluding carboxylic acids is 1. The van der Waals surface area contributed by atoms with Crippen LogP contribution >= 0.6 is 23.2 Å². The highest BCUT2D eigenvalue weighted by Gasteiger charge is 2.67. The molecule has 3 rings (SSSR count). The third kappa shape index (κ3) is 3.28. The van der Waals surface area contributed by atoms with Crippen LogP contribution in [0.4, 0.5) is 11.6 Å². The fourth-order valence-corrected chi connectivity index (χ4v) is 4.08. The van der Waals surface area contributed by atoms with Crippen molar-refractivity contribution in [2.75, 3.05) is 10.0 Å². The van der Waals surface area contributed by atoms with Crippen molar-refractivity contribution >= 4 is 50.7 Å². The standard InChI is InChI=1S/C16H17Cl2N3O4S/c1-9-10(2)20-25-13(9)21-26(23,24)12-6-4-11(5-7-12)19-14(22)15(3)8-16(15,17)18/h4-7,21H,8H2,1-3H3,(H,19,22)/t15-/m0/s1. The quantitative estimate of drug-likeness (QED) is 0.723. The van der Waals surface area contributed by atoms with Crippen LogP contribution < -0.4 is 10.0 Å². The number of benzene rings is 1. The number of alkyl halides is 2. The van der Waals surface area contributed by atoms with E-state index in [2.05, 4.69) is 15.2 Å². The first-order valence-electron chi connectivity index (χ1n) is 7.71. The Morgan fingerprint density at radius 2 is 1.81 bits per heavy atom. The number of rotatable bonds is 5. The lowest BCUT2D eigenvalue weighted by Gasteiger charge is -2.13. The lowest BCUT2D eigenvalue weighted by Crippen LogP contribution is -2.25. The topological polar surface area (TPSA) is 101 Å². The molecule has 1 saturated carbocycles. The average molecular weight is 418 g/mol. The van der Waals surface area contributed by atoms with Gasteiger partial charge in [0.15, 0.2) is 0 Å². The van der Waals surface area contributed by atoms with E-state index in [0.717, 1.165) is 0 Å². The summed E-state index contributed by atoms with van der Waals surface area (Å²) in [5, 5.41) is 6.40. The number of hydrogen-bond acceptors (Lipinski definition) is 5. The summed E-state index contributed by atoms with van der Waals surface area (Å²) in [5.74, 6) is -0.244. The van der Waals surface area contributed by atoms with Crippen molar-refractivity contribution in [1.82, 2.24) is 5.16 Å². The number of hydrogen-bond donors (Lipinski definition) is 2. The number of nitrogens with zero attached hydrogens (tertiary/aromatic N) is 1. The second kappa shape index (κ2) is 6.14. The molecule has 0 spiro atoms. The highest BCUT2D eigenvalue weighted by molar-refractivity contribution is 7.92. The zero-order chi connectivity index (χ0) is 19.3. The van der Waals surface area contributed by atoms with Crippen molar-refractivity contribution in [2.24, 2.45) is 5.41 Å². The van der Waals surface area contributed by atoms with Crippen molar-refractivity contribution in [1.29, 1.82) is 0 Å². The molecule has 2 aromatic rings. The molecule has 0 radical (unpaired) electrons. The van der Waals surface area contributed by atoms with Crippen LogP contribution in [-0.4, -0.2) is 23.8 Å². The van der Waals surface area contributed by atoms with E-state index in [1.54, 1.807) is 20.8 Å². The molecule has 1 aliphatic rings. The summed E-state index contributed by atoms with van der Waals surface area (Å²) in [6.07, 6.45) is 0.362. The molecule has 1 amide bonds. The maximum atomic E-state index is 12.4. The summed E-state index contributed by atoms with van der Waals surface area (Å²) >= 11 is 12.0. The molecule has 0 aliphatic heterocycles. The summed E-state index contributed by atoms with van der Waals surface area (Å²) in [6.45, 7) is 5.09. The van der Waals surface area contributed by atoms with Crippen LogP contribution in [-0.2, 0) is 14.8 Å². The minimum absolute atomic E-state index is 0.0191. The number of amides is 1. The van der Waals surface area contributed by atoms with E-state index in [1.165, 1.54) is 24.3 Å². The van der Waals surface area contributed by atoms with Gasteiger partial charge in [0.05, 0.1) is 16.0 Å². The van der Waals surface area contributed by atoms with Gasteiger partial charge in [0.25, 0.3) is 10.0 Å². The van der Waals surface area contributed by atoms with Crippen molar-refractivity contribution in [2.45, 2.75) is 36.4 Å². The molecule has 1 heterocycles. The fourth-order valence-electron chi connectivity index (χ4n) is 2.32. The highest BCUT2D eigenvalue weighted by Crippen LogP contribution is 2.64. The van der Waals surface area contributed by atoms with Crippen LogP contribution in [0.3, 0.4) is 0 Å². The lowest BCUT2D eigenvalue weighted by molar-refractivity contribution is -0.120. The highest BCUT2D eigenvalue weighted by atomic mass is 35.5. The van der Waals surface area contributed by atoms with Gasteiger partial charge < -0.3 is 9.84 Å². The Kier molecular flexibility index (Phi) is 4.49. The number of halogens is 2. The van der Waals surface area contributed by atoms with Gasteiger partial charge in [-0.3, -0.25) is 4.79 Å². The Hall–Kier alpha value is -1.77. The summed E-state index contributed by atoms with van der Waals surface area (Å²) in [5.41, 5.74) is 0.798. The van der Waals surface area contributed by atoms with E-state index in [4.69, 9.17) is 27.7 Å². The van der Waals surface area contributed by atoms with E-state index in [-0.39, 0.29) is 16.7 Å². The predicted molar refractivity (Wildman–Crippen MR) is 99.0 cm³/mol. The average Bonchev–Trinajstić information content (AvgIpc) is 2.95. The maximum Gasteiger partial charge on any atom is 0.264 e. The molecule has 26 heavy (non-hydrogen) atoms. The first-order chi connectivity index (χ1) is 12.0. The van der Waals surface area contributed by atoms with Crippen molar-refractivity contribution < 1.29 is 17.7 Å². The van der Waals surface area contributed by atoms with Gasteiger partial charge in [0.1, 0.15) is 4.33 Å². The summed E-state index contributed by atoms with van der Waals surface area (Å²) in [7, 11) is -3.84. The molecule has 1 aromatic heterocycles. The molecule has 10 heteroatoms. The molecule has 1 aliphatic carbocycles. The van der Waals surface area contributed by atoms with E-state index in [9.17, 15) is 13.2 Å². The second-order valence-corrected chi connectivity index (χ2v) is 9.69. The van der Waals surface area contributed by atoms with E-state index in [0.29, 0.717) is 23.4 Å². The maximum absolute atomic E-state index is 12.4. The Morgan fingerprint density at radius 3 is 2.27 bits per heavy atom. The molecule has 1 fully saturated rings. The molecule has 7 nitrogen and oxygen atoms in total. The lowest BCUT2D eigenvalue weighted by atomic mass is 10.1. The number of nitrogens with one attached hydrogen (secondary N) is 2. The Morgan fingerprint density at radius 1 is 1.23 bits per heavy atom. The molecule has 1 atom stereocenters. The number of aromatic nitrogens is 1. The third-order valence-electron chi connectivity index (χ3n) is 4.57. The predicted octanol–water partition coefficient (Wildman–Crippen LogP) is 3.61. The van der Waals surface area contributed by atoms with Gasteiger partial charge in [-0.2, -0.15) is 0 Å². The molecule has 0 bridgehead atoms. The van der Waals surface area contributed by atoms with E-state index >= 15 is 0 Å². The molecule has 1 aromatic carbocycles. The number of anilines is 2. The minimum atomic E-state index is -3.84. The van der Waals surface area contributed by atoms with E-state index < -0.39 is 19.8 Å². The van der Waals surface area contributed by atoms with Crippen LogP contribution in [0.15, 0.2) is 33.7 Å². The van der Waals surface area contributed by atoms with Crippen LogP contribution in [0.25, 0.3) is 0 Å². The summed E-state index contributed by atoms with van der Waals surface area (Å²) < 4.78 is 31.1. The number of carbonyl (C=O) groups is 1. The van der Waals surface area contributed by atoms with Crippen LogP contribution in [0.5, 0.6) is 0 Å². The largest absolute Gasteiger partial charge is 0.337 e. The second-order valence-electron chi connectivity index (χ2n) is 6.52. The zero-order valence-electron chi connectivity index (χ0n) is 14.3. The van der Waals surface area contributed by atoms with Crippen molar-refractivity contribution in [3.8, 4) is 0 Å². The van der Waals surface area contributed by atoms with Gasteiger partial charge >= 0.3 is 0 Å². The third-order valence-corrected chi connectivity index (χ3v) is 7.01. The monoisotopic (exact) mass is 417 g/mol. The molecule has 0 unspecified atom stereocenters. The first-order valence-corrected chi connectivity index (χ1v) is 9.95. The Bertz CT molecular complexity index is 970. The van der Waals surface area contributed by atoms with Crippen LogP contribution in [0.2, 0.25) is 0 Å². The van der Waals surface area contributed by atoms with Crippen LogP contribution in [0, 0.1) is 19.3 Å². The van der Waals surface area contributed by atoms with Gasteiger partial charge in [0.2, 0.25) is 11.8 Å². The van der Waals surface area contributed by atoms with Gasteiger partial charge in [0, 0.05) is 11.3 Å². The van der Waals surface area contributed by atoms with Gasteiger partial charge in [-0.15, -0.1) is 23.2 Å². The normalized spacial score (nSPS) is 21.3. The fraction of sp³-hybridized carbons (Fsp3) is 0.375.